The van der Waals surface area contributed by atoms with Crippen LogP contribution in [0.2, 0.25) is 0 Å². The van der Waals surface area contributed by atoms with Crippen molar-refractivity contribution in [3.05, 3.63) is 11.6 Å². The van der Waals surface area contributed by atoms with E-state index in [4.69, 9.17) is 9.84 Å². The Labute approximate surface area is 94.8 Å². The van der Waals surface area contributed by atoms with Crippen LogP contribution in [0, 0.1) is 6.92 Å². The fourth-order valence-electron chi connectivity index (χ4n) is 1.82. The molecule has 0 amide bonds. The molecule has 2 rings (SSSR count). The molecule has 1 fully saturated rings. The van der Waals surface area contributed by atoms with Crippen LogP contribution in [-0.4, -0.2) is 57.2 Å². The van der Waals surface area contributed by atoms with Gasteiger partial charge in [-0.2, -0.15) is 0 Å². The highest BCUT2D eigenvalue weighted by atomic mass is 16.5. The lowest BCUT2D eigenvalue weighted by Crippen LogP contribution is -2.43. The van der Waals surface area contributed by atoms with Crippen molar-refractivity contribution in [1.29, 1.82) is 0 Å². The van der Waals surface area contributed by atoms with E-state index in [1.807, 2.05) is 18.5 Å². The van der Waals surface area contributed by atoms with Gasteiger partial charge in [-0.3, -0.25) is 4.90 Å². The molecule has 1 aromatic rings. The molecular weight excluding hydrogens is 208 g/mol. The van der Waals surface area contributed by atoms with Crippen LogP contribution < -0.4 is 0 Å². The molecule has 0 aromatic carbocycles. The Bertz CT molecular complexity index is 353. The molecule has 0 radical (unpaired) electrons. The van der Waals surface area contributed by atoms with Crippen molar-refractivity contribution in [2.75, 3.05) is 26.3 Å². The Morgan fingerprint density at radius 1 is 1.50 bits per heavy atom. The second kappa shape index (κ2) is 4.90. The van der Waals surface area contributed by atoms with Crippen LogP contribution in [0.5, 0.6) is 0 Å². The first-order chi connectivity index (χ1) is 7.70. The maximum absolute atomic E-state index is 9.05. The van der Waals surface area contributed by atoms with Crippen molar-refractivity contribution in [2.24, 2.45) is 7.05 Å². The molecule has 6 heteroatoms. The van der Waals surface area contributed by atoms with Crippen molar-refractivity contribution >= 4 is 0 Å². The summed E-state index contributed by atoms with van der Waals surface area (Å²) in [5.74, 6) is 1.87. The predicted molar refractivity (Wildman–Crippen MR) is 57.8 cm³/mol. The number of hydrogen-bond acceptors (Lipinski definition) is 5. The van der Waals surface area contributed by atoms with Gasteiger partial charge in [-0.25, -0.2) is 0 Å². The molecule has 1 saturated heterocycles. The zero-order valence-corrected chi connectivity index (χ0v) is 9.76. The van der Waals surface area contributed by atoms with Crippen LogP contribution in [0.15, 0.2) is 0 Å². The molecule has 2 heterocycles. The minimum absolute atomic E-state index is 0.0666. The van der Waals surface area contributed by atoms with Crippen LogP contribution >= 0.6 is 0 Å². The number of aryl methyl sites for hydroxylation is 1. The summed E-state index contributed by atoms with van der Waals surface area (Å²) in [5.41, 5.74) is 0. The lowest BCUT2D eigenvalue weighted by Gasteiger charge is -2.31. The van der Waals surface area contributed by atoms with Gasteiger partial charge in [0.2, 0.25) is 0 Å². The lowest BCUT2D eigenvalue weighted by molar-refractivity contribution is -0.0558. The number of aliphatic hydroxyl groups is 1. The number of morpholine rings is 1. The minimum Gasteiger partial charge on any atom is -0.394 e. The summed E-state index contributed by atoms with van der Waals surface area (Å²) in [6.45, 7) is 5.07. The van der Waals surface area contributed by atoms with Gasteiger partial charge in [0.1, 0.15) is 11.6 Å². The predicted octanol–water partition coefficient (Wildman–Crippen LogP) is -0.683. The van der Waals surface area contributed by atoms with E-state index in [1.54, 1.807) is 0 Å². The summed E-state index contributed by atoms with van der Waals surface area (Å²) in [4.78, 5) is 2.23. The first kappa shape index (κ1) is 11.5. The van der Waals surface area contributed by atoms with Crippen molar-refractivity contribution in [2.45, 2.75) is 19.6 Å². The van der Waals surface area contributed by atoms with Gasteiger partial charge in [0.15, 0.2) is 0 Å². The fourth-order valence-corrected chi connectivity index (χ4v) is 1.82. The number of hydrogen-bond donors (Lipinski definition) is 1. The molecule has 1 aliphatic rings. The maximum atomic E-state index is 9.05. The van der Waals surface area contributed by atoms with E-state index in [0.717, 1.165) is 31.3 Å². The smallest absolute Gasteiger partial charge is 0.146 e. The Kier molecular flexibility index (Phi) is 3.52. The number of rotatable bonds is 3. The Morgan fingerprint density at radius 3 is 2.94 bits per heavy atom. The van der Waals surface area contributed by atoms with E-state index in [-0.39, 0.29) is 12.7 Å². The summed E-state index contributed by atoms with van der Waals surface area (Å²) >= 11 is 0. The van der Waals surface area contributed by atoms with E-state index in [0.29, 0.717) is 6.61 Å². The largest absolute Gasteiger partial charge is 0.394 e. The third kappa shape index (κ3) is 2.40. The van der Waals surface area contributed by atoms with Gasteiger partial charge in [0.25, 0.3) is 0 Å². The van der Waals surface area contributed by atoms with Gasteiger partial charge >= 0.3 is 0 Å². The topological polar surface area (TPSA) is 63.4 Å². The molecule has 6 nitrogen and oxygen atoms in total. The van der Waals surface area contributed by atoms with Gasteiger partial charge in [0, 0.05) is 20.1 Å². The van der Waals surface area contributed by atoms with Crippen LogP contribution in [0.25, 0.3) is 0 Å². The van der Waals surface area contributed by atoms with E-state index in [9.17, 15) is 0 Å². The molecule has 1 N–H and O–H groups in total. The fraction of sp³-hybridized carbons (Fsp3) is 0.800. The number of aromatic nitrogens is 3. The Balaban J connectivity index is 1.96. The molecule has 1 aromatic heterocycles. The third-order valence-corrected chi connectivity index (χ3v) is 2.97. The van der Waals surface area contributed by atoms with Gasteiger partial charge in [-0.15, -0.1) is 10.2 Å². The zero-order valence-electron chi connectivity index (χ0n) is 9.76. The van der Waals surface area contributed by atoms with Gasteiger partial charge < -0.3 is 14.4 Å². The first-order valence-corrected chi connectivity index (χ1v) is 5.50. The highest BCUT2D eigenvalue weighted by Gasteiger charge is 2.21. The molecule has 0 aliphatic carbocycles. The number of ether oxygens (including phenoxy) is 1. The Hall–Kier alpha value is -0.980. The van der Waals surface area contributed by atoms with Gasteiger partial charge in [-0.05, 0) is 6.92 Å². The molecule has 1 unspecified atom stereocenters. The van der Waals surface area contributed by atoms with Gasteiger partial charge in [-0.1, -0.05) is 0 Å². The van der Waals surface area contributed by atoms with E-state index >= 15 is 0 Å². The van der Waals surface area contributed by atoms with Crippen molar-refractivity contribution in [3.8, 4) is 0 Å². The summed E-state index contributed by atoms with van der Waals surface area (Å²) in [6, 6.07) is 0. The maximum Gasteiger partial charge on any atom is 0.146 e. The Morgan fingerprint density at radius 2 is 2.31 bits per heavy atom. The molecule has 1 atom stereocenters. The van der Waals surface area contributed by atoms with E-state index in [1.165, 1.54) is 0 Å². The normalized spacial score (nSPS) is 22.6. The van der Waals surface area contributed by atoms with Crippen LogP contribution in [0.4, 0.5) is 0 Å². The van der Waals surface area contributed by atoms with Crippen LogP contribution in [0.3, 0.4) is 0 Å². The van der Waals surface area contributed by atoms with Crippen molar-refractivity contribution < 1.29 is 9.84 Å². The third-order valence-electron chi connectivity index (χ3n) is 2.97. The van der Waals surface area contributed by atoms with Gasteiger partial charge in [0.05, 0.1) is 25.9 Å². The molecule has 1 aliphatic heterocycles. The molecule has 0 spiro atoms. The van der Waals surface area contributed by atoms with Crippen LogP contribution in [-0.2, 0) is 18.3 Å². The average Bonchev–Trinajstić information content (AvgIpc) is 2.61. The molecular formula is C10H18N4O2. The zero-order chi connectivity index (χ0) is 11.5. The SMILES string of the molecule is Cc1nnc(CN2CCOC(CO)C2)n1C. The average molecular weight is 226 g/mol. The molecule has 90 valence electrons. The van der Waals surface area contributed by atoms with E-state index in [2.05, 4.69) is 15.1 Å². The lowest BCUT2D eigenvalue weighted by atomic mass is 10.3. The highest BCUT2D eigenvalue weighted by Crippen LogP contribution is 2.09. The minimum atomic E-state index is -0.0666. The molecule has 16 heavy (non-hydrogen) atoms. The summed E-state index contributed by atoms with van der Waals surface area (Å²) < 4.78 is 7.39. The molecule has 0 bridgehead atoms. The monoisotopic (exact) mass is 226 g/mol. The molecule has 0 saturated carbocycles. The quantitative estimate of drug-likeness (QED) is 0.739. The second-order valence-electron chi connectivity index (χ2n) is 4.13. The van der Waals surface area contributed by atoms with Crippen molar-refractivity contribution in [1.82, 2.24) is 19.7 Å². The standard InChI is InChI=1S/C10H18N4O2/c1-8-11-12-10(13(8)2)6-14-3-4-16-9(5-14)7-15/h9,15H,3-7H2,1-2H3. The number of nitrogens with zero attached hydrogens (tertiary/aromatic N) is 4. The summed E-state index contributed by atoms with van der Waals surface area (Å²) in [6.07, 6.45) is -0.0666. The van der Waals surface area contributed by atoms with E-state index < -0.39 is 0 Å². The first-order valence-electron chi connectivity index (χ1n) is 5.50. The second-order valence-corrected chi connectivity index (χ2v) is 4.13. The van der Waals surface area contributed by atoms with Crippen LogP contribution in [0.1, 0.15) is 11.6 Å². The number of aliphatic hydroxyl groups excluding tert-OH is 1. The summed E-state index contributed by atoms with van der Waals surface area (Å²) in [7, 11) is 1.97. The van der Waals surface area contributed by atoms with Crippen molar-refractivity contribution in [3.63, 3.8) is 0 Å². The summed E-state index contributed by atoms with van der Waals surface area (Å²) in [5, 5.41) is 17.2. The highest BCUT2D eigenvalue weighted by molar-refractivity contribution is 4.93.